The van der Waals surface area contributed by atoms with Gasteiger partial charge in [-0.25, -0.2) is 17.9 Å². The number of amides is 3. The molecule has 1 heterocycles. The molecule has 0 aliphatic rings. The molecule has 0 saturated heterocycles. The maximum atomic E-state index is 12.2. The van der Waals surface area contributed by atoms with Crippen LogP contribution in [-0.4, -0.2) is 32.1 Å². The SMILES string of the molecule is CCCCNC(=O)NS(=O)(=O)c1ccc(OCc2no[n+]([O-])c2C(N)=O)cc1. The Hall–Kier alpha value is -3.35. The van der Waals surface area contributed by atoms with Crippen molar-refractivity contribution in [3.63, 3.8) is 0 Å². The maximum Gasteiger partial charge on any atom is 0.328 e. The summed E-state index contributed by atoms with van der Waals surface area (Å²) in [5, 5.41) is 17.1. The molecular weight excluding hydrogens is 394 g/mol. The van der Waals surface area contributed by atoms with Crippen LogP contribution in [0.15, 0.2) is 33.8 Å². The molecule has 1 aromatic carbocycles. The Kier molecular flexibility index (Phi) is 6.76. The van der Waals surface area contributed by atoms with Crippen molar-refractivity contribution < 1.29 is 32.3 Å². The van der Waals surface area contributed by atoms with E-state index in [4.69, 9.17) is 10.5 Å². The van der Waals surface area contributed by atoms with Gasteiger partial charge in [0.1, 0.15) is 5.75 Å². The standard InChI is InChI=1S/C15H19N5O7S/c1-2-3-8-17-15(22)19-28(24,25)11-6-4-10(5-7-11)26-9-12-13(14(16)21)20(23)27-18-12/h4-7H,2-3,8-9H2,1H3,(H2,16,21)(H2,17,19,22). The van der Waals surface area contributed by atoms with Gasteiger partial charge in [0.05, 0.1) is 4.90 Å². The summed E-state index contributed by atoms with van der Waals surface area (Å²) in [4.78, 5) is 22.5. The topological polar surface area (TPSA) is 181 Å². The molecule has 0 spiro atoms. The van der Waals surface area contributed by atoms with E-state index in [9.17, 15) is 23.2 Å². The lowest BCUT2D eigenvalue weighted by molar-refractivity contribution is -0.803. The molecule has 0 aliphatic carbocycles. The van der Waals surface area contributed by atoms with Crippen LogP contribution >= 0.6 is 0 Å². The minimum atomic E-state index is -4.05. The molecule has 152 valence electrons. The van der Waals surface area contributed by atoms with Crippen molar-refractivity contribution in [3.05, 3.63) is 40.9 Å². The minimum absolute atomic E-state index is 0.107. The number of nitrogens with one attached hydrogen (secondary N) is 2. The van der Waals surface area contributed by atoms with E-state index in [0.29, 0.717) is 6.54 Å². The smallest absolute Gasteiger partial charge is 0.328 e. The second-order valence-electron chi connectivity index (χ2n) is 5.56. The number of hydrogen-bond donors (Lipinski definition) is 3. The quantitative estimate of drug-likeness (QED) is 0.372. The van der Waals surface area contributed by atoms with Crippen LogP contribution in [0.25, 0.3) is 0 Å². The third-order valence-electron chi connectivity index (χ3n) is 3.47. The molecule has 2 aromatic rings. The zero-order valence-electron chi connectivity index (χ0n) is 14.9. The summed E-state index contributed by atoms with van der Waals surface area (Å²) in [6, 6.07) is 4.30. The highest BCUT2D eigenvalue weighted by atomic mass is 32.2. The van der Waals surface area contributed by atoms with Gasteiger partial charge >= 0.3 is 6.03 Å². The first kappa shape index (κ1) is 21.0. The highest BCUT2D eigenvalue weighted by Gasteiger charge is 2.25. The number of carbonyl (C=O) groups is 2. The number of benzene rings is 1. The fourth-order valence-corrected chi connectivity index (χ4v) is 2.99. The molecule has 0 radical (unpaired) electrons. The summed E-state index contributed by atoms with van der Waals surface area (Å²) in [6.45, 7) is 2.00. The number of primary amides is 1. The number of sulfonamides is 1. The van der Waals surface area contributed by atoms with E-state index >= 15 is 0 Å². The van der Waals surface area contributed by atoms with Crippen molar-refractivity contribution in [2.24, 2.45) is 5.73 Å². The number of aromatic nitrogens is 2. The fourth-order valence-electron chi connectivity index (χ4n) is 2.07. The van der Waals surface area contributed by atoms with Gasteiger partial charge in [0.25, 0.3) is 27.3 Å². The summed E-state index contributed by atoms with van der Waals surface area (Å²) in [7, 11) is -4.05. The summed E-state index contributed by atoms with van der Waals surface area (Å²) in [5.74, 6) is -0.804. The molecule has 2 rings (SSSR count). The summed E-state index contributed by atoms with van der Waals surface area (Å²) < 4.78 is 35.8. The van der Waals surface area contributed by atoms with Crippen LogP contribution in [0.5, 0.6) is 5.75 Å². The largest absolute Gasteiger partial charge is 0.485 e. The number of carbonyl (C=O) groups excluding carboxylic acids is 2. The molecule has 12 nitrogen and oxygen atoms in total. The van der Waals surface area contributed by atoms with Gasteiger partial charge in [-0.15, -0.1) is 0 Å². The number of nitrogens with two attached hydrogens (primary N) is 1. The van der Waals surface area contributed by atoms with Gasteiger partial charge in [-0.05, 0) is 35.6 Å². The van der Waals surface area contributed by atoms with Crippen molar-refractivity contribution in [3.8, 4) is 5.75 Å². The average molecular weight is 413 g/mol. The van der Waals surface area contributed by atoms with Crippen LogP contribution in [0.4, 0.5) is 4.79 Å². The molecule has 4 N–H and O–H groups in total. The number of urea groups is 1. The van der Waals surface area contributed by atoms with Crippen molar-refractivity contribution in [1.29, 1.82) is 0 Å². The molecule has 0 aliphatic heterocycles. The molecule has 1 aromatic heterocycles. The van der Waals surface area contributed by atoms with Gasteiger partial charge in [0.2, 0.25) is 0 Å². The predicted octanol–water partition coefficient (Wildman–Crippen LogP) is -0.226. The van der Waals surface area contributed by atoms with Crippen molar-refractivity contribution in [2.45, 2.75) is 31.3 Å². The third-order valence-corrected chi connectivity index (χ3v) is 4.81. The third kappa shape index (κ3) is 5.33. The Balaban J connectivity index is 1.99. The van der Waals surface area contributed by atoms with Crippen molar-refractivity contribution >= 4 is 22.0 Å². The zero-order chi connectivity index (χ0) is 20.7. The van der Waals surface area contributed by atoms with Crippen LogP contribution in [0.3, 0.4) is 0 Å². The van der Waals surface area contributed by atoms with E-state index < -0.39 is 27.7 Å². The normalized spacial score (nSPS) is 11.0. The number of unbranched alkanes of at least 4 members (excludes halogenated alkanes) is 1. The molecule has 28 heavy (non-hydrogen) atoms. The van der Waals surface area contributed by atoms with E-state index in [0.717, 1.165) is 12.8 Å². The molecular formula is C15H19N5O7S. The molecule has 0 bridgehead atoms. The molecule has 0 saturated carbocycles. The lowest BCUT2D eigenvalue weighted by Crippen LogP contribution is -2.39. The lowest BCUT2D eigenvalue weighted by atomic mass is 10.3. The van der Waals surface area contributed by atoms with Crippen LogP contribution in [-0.2, 0) is 16.6 Å². The number of nitrogens with zero attached hydrogens (tertiary/aromatic N) is 2. The Morgan fingerprint density at radius 1 is 1.32 bits per heavy atom. The Labute approximate surface area is 160 Å². The Morgan fingerprint density at radius 3 is 2.61 bits per heavy atom. The summed E-state index contributed by atoms with van der Waals surface area (Å²) in [6.07, 6.45) is 1.59. The van der Waals surface area contributed by atoms with Crippen LogP contribution in [0.1, 0.15) is 35.9 Å². The average Bonchev–Trinajstić information content (AvgIpc) is 3.01. The zero-order valence-corrected chi connectivity index (χ0v) is 15.7. The highest BCUT2D eigenvalue weighted by molar-refractivity contribution is 7.90. The second kappa shape index (κ2) is 9.03. The van der Waals surface area contributed by atoms with E-state index in [-0.39, 0.29) is 27.8 Å². The predicted molar refractivity (Wildman–Crippen MR) is 93.4 cm³/mol. The van der Waals surface area contributed by atoms with Gasteiger partial charge in [-0.3, -0.25) is 9.42 Å². The fraction of sp³-hybridized carbons (Fsp3) is 0.333. The molecule has 0 atom stereocenters. The van der Waals surface area contributed by atoms with Crippen LogP contribution < -0.4 is 25.4 Å². The first-order valence-electron chi connectivity index (χ1n) is 8.16. The molecule has 0 fully saturated rings. The van der Waals surface area contributed by atoms with E-state index in [1.54, 1.807) is 0 Å². The monoisotopic (exact) mass is 413 g/mol. The molecule has 3 amide bonds. The molecule has 13 heteroatoms. The Bertz CT molecular complexity index is 940. The van der Waals surface area contributed by atoms with E-state index in [1.807, 2.05) is 11.6 Å². The number of rotatable bonds is 9. The number of hydrogen-bond acceptors (Lipinski definition) is 8. The van der Waals surface area contributed by atoms with E-state index in [2.05, 4.69) is 15.1 Å². The van der Waals surface area contributed by atoms with Gasteiger partial charge < -0.3 is 21.0 Å². The Morgan fingerprint density at radius 2 is 2.00 bits per heavy atom. The van der Waals surface area contributed by atoms with Crippen molar-refractivity contribution in [1.82, 2.24) is 15.2 Å². The van der Waals surface area contributed by atoms with Gasteiger partial charge in [0.15, 0.2) is 6.61 Å². The maximum absolute atomic E-state index is 12.2. The lowest BCUT2D eigenvalue weighted by Gasteiger charge is -2.09. The van der Waals surface area contributed by atoms with Gasteiger partial charge in [0, 0.05) is 11.7 Å². The van der Waals surface area contributed by atoms with Crippen molar-refractivity contribution in [2.75, 3.05) is 6.54 Å². The van der Waals surface area contributed by atoms with E-state index in [1.165, 1.54) is 24.3 Å². The van der Waals surface area contributed by atoms with Crippen LogP contribution in [0, 0.1) is 5.21 Å². The minimum Gasteiger partial charge on any atom is -0.485 e. The number of ether oxygens (including phenoxy) is 1. The highest BCUT2D eigenvalue weighted by Crippen LogP contribution is 2.17. The summed E-state index contributed by atoms with van der Waals surface area (Å²) >= 11 is 0. The first-order chi connectivity index (χ1) is 13.2. The van der Waals surface area contributed by atoms with Crippen LogP contribution in [0.2, 0.25) is 0 Å². The van der Waals surface area contributed by atoms with Gasteiger partial charge in [-0.1, -0.05) is 13.3 Å². The molecule has 0 unspecified atom stereocenters. The second-order valence-corrected chi connectivity index (χ2v) is 7.25. The summed E-state index contributed by atoms with van der Waals surface area (Å²) in [5.41, 5.74) is 4.46. The van der Waals surface area contributed by atoms with Gasteiger partial charge in [-0.2, -0.15) is 0 Å². The first-order valence-corrected chi connectivity index (χ1v) is 9.64.